The third kappa shape index (κ3) is 2.54. The molecule has 0 spiro atoms. The summed E-state index contributed by atoms with van der Waals surface area (Å²) in [5.41, 5.74) is 1.19. The molecular weight excluding hydrogens is 236 g/mol. The first-order valence-electron chi connectivity index (χ1n) is 7.08. The summed E-state index contributed by atoms with van der Waals surface area (Å²) in [7, 11) is 0. The number of nitrogens with one attached hydrogen (secondary N) is 1. The number of hydrogen-bond donors (Lipinski definition) is 1. The van der Waals surface area contributed by atoms with Crippen molar-refractivity contribution in [3.8, 4) is 5.82 Å². The highest BCUT2D eigenvalue weighted by atomic mass is 15.1. The molecule has 1 N–H and O–H groups in total. The Hall–Kier alpha value is -1.68. The second-order valence-electron chi connectivity index (χ2n) is 5.03. The number of imidazole rings is 1. The van der Waals surface area contributed by atoms with Crippen molar-refractivity contribution in [3.05, 3.63) is 42.1 Å². The fourth-order valence-corrected chi connectivity index (χ4v) is 2.71. The van der Waals surface area contributed by atoms with Crippen molar-refractivity contribution in [1.29, 1.82) is 0 Å². The zero-order valence-electron chi connectivity index (χ0n) is 11.3. The van der Waals surface area contributed by atoms with E-state index in [2.05, 4.69) is 40.0 Å². The lowest BCUT2D eigenvalue weighted by molar-refractivity contribution is 0.454. The van der Waals surface area contributed by atoms with Gasteiger partial charge in [0.2, 0.25) is 0 Å². The van der Waals surface area contributed by atoms with Gasteiger partial charge in [0.15, 0.2) is 0 Å². The molecule has 4 heteroatoms. The minimum absolute atomic E-state index is 0.544. The standard InChI is InChI=1S/C15H20N4/c1-2-14-17-9-10-19(14)15-7-3-6-13(18-15)12-5-4-8-16-11-12/h3,6-7,9-10,12,16H,2,4-5,8,11H2,1H3/t12-/m0/s1. The molecule has 0 aliphatic carbocycles. The largest absolute Gasteiger partial charge is 0.316 e. The third-order valence-electron chi connectivity index (χ3n) is 3.75. The maximum Gasteiger partial charge on any atom is 0.138 e. The van der Waals surface area contributed by atoms with Crippen LogP contribution in [-0.4, -0.2) is 27.6 Å². The van der Waals surface area contributed by atoms with Crippen molar-refractivity contribution in [1.82, 2.24) is 19.9 Å². The second kappa shape index (κ2) is 5.53. The van der Waals surface area contributed by atoms with Gasteiger partial charge in [-0.1, -0.05) is 13.0 Å². The lowest BCUT2D eigenvalue weighted by atomic mass is 9.96. The molecule has 1 fully saturated rings. The maximum absolute atomic E-state index is 4.83. The molecule has 100 valence electrons. The van der Waals surface area contributed by atoms with Gasteiger partial charge < -0.3 is 5.32 Å². The molecule has 4 nitrogen and oxygen atoms in total. The first kappa shape index (κ1) is 12.4. The minimum atomic E-state index is 0.544. The van der Waals surface area contributed by atoms with Crippen LogP contribution in [0.25, 0.3) is 5.82 Å². The number of hydrogen-bond acceptors (Lipinski definition) is 3. The second-order valence-corrected chi connectivity index (χ2v) is 5.03. The summed E-state index contributed by atoms with van der Waals surface area (Å²) in [6.45, 7) is 4.30. The van der Waals surface area contributed by atoms with Crippen LogP contribution in [0.3, 0.4) is 0 Å². The molecule has 0 saturated carbocycles. The topological polar surface area (TPSA) is 42.7 Å². The highest BCUT2D eigenvalue weighted by Crippen LogP contribution is 2.22. The van der Waals surface area contributed by atoms with Crippen molar-refractivity contribution in [2.45, 2.75) is 32.1 Å². The van der Waals surface area contributed by atoms with Gasteiger partial charge in [0.25, 0.3) is 0 Å². The molecule has 19 heavy (non-hydrogen) atoms. The fourth-order valence-electron chi connectivity index (χ4n) is 2.71. The van der Waals surface area contributed by atoms with Crippen LogP contribution < -0.4 is 5.32 Å². The van der Waals surface area contributed by atoms with E-state index in [0.29, 0.717) is 5.92 Å². The lowest BCUT2D eigenvalue weighted by Gasteiger charge is -2.22. The number of aromatic nitrogens is 3. The van der Waals surface area contributed by atoms with Crippen LogP contribution in [0.15, 0.2) is 30.6 Å². The molecule has 0 bridgehead atoms. The van der Waals surface area contributed by atoms with Gasteiger partial charge in [-0.3, -0.25) is 4.57 Å². The predicted molar refractivity (Wildman–Crippen MR) is 75.6 cm³/mol. The molecule has 0 amide bonds. The zero-order valence-corrected chi connectivity index (χ0v) is 11.3. The van der Waals surface area contributed by atoms with Gasteiger partial charge in [-0.05, 0) is 31.5 Å². The highest BCUT2D eigenvalue weighted by molar-refractivity contribution is 5.28. The Kier molecular flexibility index (Phi) is 3.60. The lowest BCUT2D eigenvalue weighted by Crippen LogP contribution is -2.29. The Bertz CT molecular complexity index is 541. The Morgan fingerprint density at radius 3 is 3.16 bits per heavy atom. The normalized spacial score (nSPS) is 19.5. The Morgan fingerprint density at radius 1 is 1.42 bits per heavy atom. The van der Waals surface area contributed by atoms with Crippen LogP contribution in [0.1, 0.15) is 37.2 Å². The predicted octanol–water partition coefficient (Wildman–Crippen LogP) is 2.30. The molecule has 3 heterocycles. The van der Waals surface area contributed by atoms with E-state index in [1.165, 1.54) is 18.5 Å². The average Bonchev–Trinajstić information content (AvgIpc) is 2.97. The van der Waals surface area contributed by atoms with Crippen LogP contribution in [0.4, 0.5) is 0 Å². The molecule has 1 saturated heterocycles. The Balaban J connectivity index is 1.91. The van der Waals surface area contributed by atoms with Crippen molar-refractivity contribution in [2.24, 2.45) is 0 Å². The Morgan fingerprint density at radius 2 is 2.37 bits per heavy atom. The van der Waals surface area contributed by atoms with Crippen molar-refractivity contribution < 1.29 is 0 Å². The van der Waals surface area contributed by atoms with Crippen LogP contribution in [0.2, 0.25) is 0 Å². The summed E-state index contributed by atoms with van der Waals surface area (Å²) < 4.78 is 2.08. The summed E-state index contributed by atoms with van der Waals surface area (Å²) >= 11 is 0. The van der Waals surface area contributed by atoms with E-state index >= 15 is 0 Å². The summed E-state index contributed by atoms with van der Waals surface area (Å²) in [6, 6.07) is 6.30. The van der Waals surface area contributed by atoms with E-state index in [-0.39, 0.29) is 0 Å². The zero-order chi connectivity index (χ0) is 13.1. The smallest absolute Gasteiger partial charge is 0.138 e. The van der Waals surface area contributed by atoms with Gasteiger partial charge in [-0.2, -0.15) is 0 Å². The van der Waals surface area contributed by atoms with Crippen LogP contribution in [0, 0.1) is 0 Å². The molecular formula is C15H20N4. The molecule has 1 atom stereocenters. The molecule has 0 aromatic carbocycles. The quantitative estimate of drug-likeness (QED) is 0.916. The SMILES string of the molecule is CCc1nccn1-c1cccc([C@H]2CCCNC2)n1. The molecule has 1 aliphatic heterocycles. The minimum Gasteiger partial charge on any atom is -0.316 e. The van der Waals surface area contributed by atoms with Gasteiger partial charge in [-0.15, -0.1) is 0 Å². The van der Waals surface area contributed by atoms with E-state index in [1.54, 1.807) is 0 Å². The molecule has 2 aromatic rings. The van der Waals surface area contributed by atoms with Gasteiger partial charge in [0.05, 0.1) is 0 Å². The van der Waals surface area contributed by atoms with Crippen LogP contribution in [0.5, 0.6) is 0 Å². The first-order chi connectivity index (χ1) is 9.38. The van der Waals surface area contributed by atoms with Crippen LogP contribution >= 0.6 is 0 Å². The van der Waals surface area contributed by atoms with E-state index in [9.17, 15) is 0 Å². The van der Waals surface area contributed by atoms with E-state index in [4.69, 9.17) is 4.98 Å². The van der Waals surface area contributed by atoms with Crippen molar-refractivity contribution in [2.75, 3.05) is 13.1 Å². The molecule has 0 unspecified atom stereocenters. The maximum atomic E-state index is 4.83. The van der Waals surface area contributed by atoms with Gasteiger partial charge in [0, 0.05) is 37.0 Å². The first-order valence-corrected chi connectivity index (χ1v) is 7.08. The van der Waals surface area contributed by atoms with Crippen molar-refractivity contribution >= 4 is 0 Å². The molecule has 3 rings (SSSR count). The number of rotatable bonds is 3. The number of aryl methyl sites for hydroxylation is 1. The van der Waals surface area contributed by atoms with E-state index in [1.807, 2.05) is 12.4 Å². The highest BCUT2D eigenvalue weighted by Gasteiger charge is 2.17. The monoisotopic (exact) mass is 256 g/mol. The number of piperidine rings is 1. The van der Waals surface area contributed by atoms with E-state index in [0.717, 1.165) is 31.2 Å². The van der Waals surface area contributed by atoms with Gasteiger partial charge >= 0.3 is 0 Å². The van der Waals surface area contributed by atoms with Crippen LogP contribution in [-0.2, 0) is 6.42 Å². The van der Waals surface area contributed by atoms with Gasteiger partial charge in [-0.25, -0.2) is 9.97 Å². The van der Waals surface area contributed by atoms with E-state index < -0.39 is 0 Å². The molecule has 0 radical (unpaired) electrons. The van der Waals surface area contributed by atoms with Gasteiger partial charge in [0.1, 0.15) is 11.6 Å². The van der Waals surface area contributed by atoms with Crippen molar-refractivity contribution in [3.63, 3.8) is 0 Å². The summed E-state index contributed by atoms with van der Waals surface area (Å²) in [5, 5.41) is 3.45. The fraction of sp³-hybridized carbons (Fsp3) is 0.467. The summed E-state index contributed by atoms with van der Waals surface area (Å²) in [6.07, 6.45) is 7.22. The average molecular weight is 256 g/mol. The summed E-state index contributed by atoms with van der Waals surface area (Å²) in [5.74, 6) is 2.59. The number of pyridine rings is 1. The number of nitrogens with zero attached hydrogens (tertiary/aromatic N) is 3. The Labute approximate surface area is 113 Å². The molecule has 2 aromatic heterocycles. The summed E-state index contributed by atoms with van der Waals surface area (Å²) in [4.78, 5) is 9.19. The third-order valence-corrected chi connectivity index (χ3v) is 3.75. The molecule has 1 aliphatic rings.